The largest absolute Gasteiger partial charge is 0.289 e. The van der Waals surface area contributed by atoms with Crippen molar-refractivity contribution in [2.24, 2.45) is 23.7 Å². The lowest BCUT2D eigenvalue weighted by Crippen LogP contribution is -2.21. The Bertz CT molecular complexity index is 613. The third-order valence-electron chi connectivity index (χ3n) is 9.41. The van der Waals surface area contributed by atoms with E-state index < -0.39 is 0 Å². The van der Waals surface area contributed by atoms with Crippen molar-refractivity contribution in [3.8, 4) is 0 Å². The fourth-order valence-corrected chi connectivity index (χ4v) is 7.94. The van der Waals surface area contributed by atoms with Gasteiger partial charge in [-0.15, -0.1) is 0 Å². The second kappa shape index (κ2) is 9.74. The summed E-state index contributed by atoms with van der Waals surface area (Å²) in [5.41, 5.74) is 6.14. The van der Waals surface area contributed by atoms with Gasteiger partial charge in [-0.2, -0.15) is 0 Å². The van der Waals surface area contributed by atoms with E-state index in [1.807, 2.05) is 0 Å². The number of carbonyl (C=O) groups excluding carboxylic acids is 1. The van der Waals surface area contributed by atoms with E-state index in [0.29, 0.717) is 29.5 Å². The van der Waals surface area contributed by atoms with Gasteiger partial charge >= 0.3 is 0 Å². The Morgan fingerprint density at radius 2 is 0.567 bits per heavy atom. The lowest BCUT2D eigenvalue weighted by atomic mass is 9.71. The Morgan fingerprint density at radius 1 is 0.333 bits per heavy atom. The van der Waals surface area contributed by atoms with E-state index in [2.05, 4.69) is 0 Å². The van der Waals surface area contributed by atoms with Crippen molar-refractivity contribution >= 4 is 5.78 Å². The second-order valence-electron chi connectivity index (χ2n) is 11.3. The maximum absolute atomic E-state index is 14.3. The van der Waals surface area contributed by atoms with Crippen LogP contribution in [0.4, 0.5) is 0 Å². The van der Waals surface area contributed by atoms with E-state index in [-0.39, 0.29) is 0 Å². The van der Waals surface area contributed by atoms with Gasteiger partial charge < -0.3 is 0 Å². The average Bonchev–Trinajstić information content (AvgIpc) is 3.14. The molecule has 166 valence electrons. The van der Waals surface area contributed by atoms with Crippen LogP contribution in [0, 0.1) is 23.7 Å². The molecule has 4 fully saturated rings. The molecule has 1 heteroatoms. The summed E-state index contributed by atoms with van der Waals surface area (Å²) in [7, 11) is 0. The standard InChI is InChI=1S/C29H44O/c30-29-27(23-17-9-3-10-18-23)25(21-13-5-1-6-14-21)26(22-15-7-2-8-16-22)28(29)24-19-11-4-12-20-24/h21-24H,1-20H2. The Kier molecular flexibility index (Phi) is 6.83. The predicted molar refractivity (Wildman–Crippen MR) is 125 cm³/mol. The monoisotopic (exact) mass is 408 g/mol. The molecule has 0 aromatic carbocycles. The summed E-state index contributed by atoms with van der Waals surface area (Å²) in [6.45, 7) is 0. The van der Waals surface area contributed by atoms with Crippen LogP contribution in [0.2, 0.25) is 0 Å². The van der Waals surface area contributed by atoms with Gasteiger partial charge in [0.2, 0.25) is 0 Å². The molecule has 5 rings (SSSR count). The predicted octanol–water partition coefficient (Wildman–Crippen LogP) is 8.48. The molecule has 4 saturated carbocycles. The molecule has 0 saturated heterocycles. The summed E-state index contributed by atoms with van der Waals surface area (Å²) in [4.78, 5) is 14.3. The summed E-state index contributed by atoms with van der Waals surface area (Å²) in [5, 5.41) is 0. The first-order valence-electron chi connectivity index (χ1n) is 13.9. The van der Waals surface area contributed by atoms with E-state index >= 15 is 0 Å². The highest BCUT2D eigenvalue weighted by atomic mass is 16.1. The zero-order valence-corrected chi connectivity index (χ0v) is 19.4. The normalized spacial score (nSPS) is 29.3. The average molecular weight is 409 g/mol. The van der Waals surface area contributed by atoms with Gasteiger partial charge in [0.25, 0.3) is 0 Å². The summed E-state index contributed by atoms with van der Waals surface area (Å²) >= 11 is 0. The molecule has 0 spiro atoms. The Balaban J connectivity index is 1.59. The van der Waals surface area contributed by atoms with Crippen molar-refractivity contribution in [3.05, 3.63) is 22.3 Å². The topological polar surface area (TPSA) is 17.1 Å². The number of ketones is 1. The Hall–Kier alpha value is -0.850. The van der Waals surface area contributed by atoms with Gasteiger partial charge in [0.1, 0.15) is 0 Å². The van der Waals surface area contributed by atoms with Gasteiger partial charge in [-0.3, -0.25) is 4.79 Å². The van der Waals surface area contributed by atoms with Gasteiger partial charge in [-0.05, 0) is 86.2 Å². The van der Waals surface area contributed by atoms with Crippen molar-refractivity contribution in [3.63, 3.8) is 0 Å². The highest BCUT2D eigenvalue weighted by Crippen LogP contribution is 2.53. The van der Waals surface area contributed by atoms with Crippen molar-refractivity contribution in [2.45, 2.75) is 128 Å². The summed E-state index contributed by atoms with van der Waals surface area (Å²) in [6.07, 6.45) is 27.1. The van der Waals surface area contributed by atoms with E-state index in [9.17, 15) is 4.79 Å². The molecule has 0 N–H and O–H groups in total. The molecule has 5 aliphatic carbocycles. The third-order valence-corrected chi connectivity index (χ3v) is 9.41. The van der Waals surface area contributed by atoms with Gasteiger partial charge in [-0.25, -0.2) is 0 Å². The van der Waals surface area contributed by atoms with Crippen molar-refractivity contribution in [2.75, 3.05) is 0 Å². The smallest absolute Gasteiger partial charge is 0.186 e. The fraction of sp³-hybridized carbons (Fsp3) is 0.828. The van der Waals surface area contributed by atoms with Crippen LogP contribution in [0.1, 0.15) is 128 Å². The van der Waals surface area contributed by atoms with Crippen molar-refractivity contribution in [1.29, 1.82) is 0 Å². The molecule has 30 heavy (non-hydrogen) atoms. The minimum Gasteiger partial charge on any atom is -0.289 e. The molecule has 0 amide bonds. The molecule has 5 aliphatic rings. The Labute approximate surface area is 185 Å². The van der Waals surface area contributed by atoms with Crippen LogP contribution in [-0.2, 0) is 4.79 Å². The number of hydrogen-bond donors (Lipinski definition) is 0. The lowest BCUT2D eigenvalue weighted by molar-refractivity contribution is -0.113. The van der Waals surface area contributed by atoms with Crippen LogP contribution >= 0.6 is 0 Å². The number of rotatable bonds is 4. The number of allylic oxidation sites excluding steroid dienone is 4. The highest BCUT2D eigenvalue weighted by Gasteiger charge is 2.44. The third kappa shape index (κ3) is 4.12. The van der Waals surface area contributed by atoms with E-state index in [1.165, 1.54) is 140 Å². The van der Waals surface area contributed by atoms with Crippen molar-refractivity contribution < 1.29 is 4.79 Å². The first kappa shape index (κ1) is 21.0. The minimum atomic E-state index is 0.579. The Morgan fingerprint density at radius 3 is 0.833 bits per heavy atom. The molecular formula is C29H44O. The van der Waals surface area contributed by atoms with Crippen LogP contribution in [0.3, 0.4) is 0 Å². The van der Waals surface area contributed by atoms with Crippen molar-refractivity contribution in [1.82, 2.24) is 0 Å². The van der Waals surface area contributed by atoms with Crippen LogP contribution in [0.25, 0.3) is 0 Å². The van der Waals surface area contributed by atoms with Crippen LogP contribution in [0.5, 0.6) is 0 Å². The van der Waals surface area contributed by atoms with Gasteiger partial charge in [0.05, 0.1) is 0 Å². The van der Waals surface area contributed by atoms with Gasteiger partial charge in [0.15, 0.2) is 5.78 Å². The summed E-state index contributed by atoms with van der Waals surface area (Å²) in [6, 6.07) is 0. The summed E-state index contributed by atoms with van der Waals surface area (Å²) < 4.78 is 0. The maximum Gasteiger partial charge on any atom is 0.186 e. The number of hydrogen-bond acceptors (Lipinski definition) is 1. The highest BCUT2D eigenvalue weighted by molar-refractivity contribution is 6.14. The number of Topliss-reactive ketones (excluding diaryl/α,β-unsaturated/α-hetero) is 1. The van der Waals surface area contributed by atoms with Crippen LogP contribution in [0.15, 0.2) is 22.3 Å². The van der Waals surface area contributed by atoms with E-state index in [0.717, 1.165) is 0 Å². The molecular weight excluding hydrogens is 364 g/mol. The van der Waals surface area contributed by atoms with Gasteiger partial charge in [0, 0.05) is 11.1 Å². The second-order valence-corrected chi connectivity index (χ2v) is 11.3. The first-order valence-corrected chi connectivity index (χ1v) is 13.9. The summed E-state index contributed by atoms with van der Waals surface area (Å²) in [5.74, 6) is 3.16. The SMILES string of the molecule is O=C1C(C2CCCCC2)=C(C2CCCCC2)C(C2CCCCC2)=C1C1CCCCC1. The van der Waals surface area contributed by atoms with E-state index in [1.54, 1.807) is 11.1 Å². The molecule has 0 heterocycles. The van der Waals surface area contributed by atoms with Gasteiger partial charge in [-0.1, -0.05) is 77.0 Å². The van der Waals surface area contributed by atoms with Crippen LogP contribution in [-0.4, -0.2) is 5.78 Å². The van der Waals surface area contributed by atoms with E-state index in [4.69, 9.17) is 0 Å². The molecule has 0 aromatic rings. The lowest BCUT2D eigenvalue weighted by Gasteiger charge is -2.34. The molecule has 0 bridgehead atoms. The zero-order valence-electron chi connectivity index (χ0n) is 19.4. The first-order chi connectivity index (χ1) is 14.8. The quantitative estimate of drug-likeness (QED) is 0.456. The maximum atomic E-state index is 14.3. The minimum absolute atomic E-state index is 0.579. The molecule has 0 radical (unpaired) electrons. The number of carbonyl (C=O) groups is 1. The zero-order chi connectivity index (χ0) is 20.3. The molecule has 0 unspecified atom stereocenters. The molecule has 0 aliphatic heterocycles. The molecule has 0 atom stereocenters. The molecule has 0 aromatic heterocycles. The molecule has 1 nitrogen and oxygen atoms in total. The van der Waals surface area contributed by atoms with Crippen LogP contribution < -0.4 is 0 Å². The fourth-order valence-electron chi connectivity index (χ4n) is 7.94.